The van der Waals surface area contributed by atoms with Crippen LogP contribution in [0.15, 0.2) is 90.5 Å². The summed E-state index contributed by atoms with van der Waals surface area (Å²) < 4.78 is 0. The van der Waals surface area contributed by atoms with Crippen molar-refractivity contribution >= 4 is 40.9 Å². The number of phenols is 1. The molecule has 2 aliphatic carbocycles. The van der Waals surface area contributed by atoms with Crippen LogP contribution in [0.4, 0.5) is 5.69 Å². The van der Waals surface area contributed by atoms with E-state index < -0.39 is 35.0 Å². The van der Waals surface area contributed by atoms with Crippen molar-refractivity contribution in [2.24, 2.45) is 29.1 Å². The van der Waals surface area contributed by atoms with E-state index in [2.05, 4.69) is 17.0 Å². The van der Waals surface area contributed by atoms with Gasteiger partial charge in [0.25, 0.3) is 0 Å². The fraction of sp³-hybridized carbons (Fsp3) is 0.385. The molecule has 4 fully saturated rings. The highest BCUT2D eigenvalue weighted by atomic mass is 35.5. The van der Waals surface area contributed by atoms with E-state index in [1.807, 2.05) is 37.3 Å². The predicted octanol–water partition coefficient (Wildman–Crippen LogP) is 5.94. The SMILES string of the molecule is CC12C(=O)N(c3ccccc3)C(=O)C1CC1C(=CCC3C(=O)N(C4CCN(Cc5ccccc5)CC4)C(=O)C31)C2c1ccc(O)cc1Cl. The highest BCUT2D eigenvalue weighted by Crippen LogP contribution is 2.64. The smallest absolute Gasteiger partial charge is 0.241 e. The number of hydrogen-bond acceptors (Lipinski definition) is 6. The zero-order valence-electron chi connectivity index (χ0n) is 26.8. The molecule has 5 aliphatic rings. The van der Waals surface area contributed by atoms with Gasteiger partial charge in [-0.25, -0.2) is 4.90 Å². The molecule has 4 amide bonds. The van der Waals surface area contributed by atoms with Crippen LogP contribution in [0.5, 0.6) is 5.75 Å². The Balaban J connectivity index is 1.13. The first-order chi connectivity index (χ1) is 23.2. The Morgan fingerprint density at radius 3 is 2.23 bits per heavy atom. The Morgan fingerprint density at radius 1 is 0.854 bits per heavy atom. The normalized spacial score (nSPS) is 30.7. The summed E-state index contributed by atoms with van der Waals surface area (Å²) in [5.74, 6) is -3.71. The maximum atomic E-state index is 14.5. The number of nitrogens with zero attached hydrogens (tertiary/aromatic N) is 3. The summed E-state index contributed by atoms with van der Waals surface area (Å²) in [5, 5.41) is 10.5. The van der Waals surface area contributed by atoms with Crippen molar-refractivity contribution in [2.75, 3.05) is 18.0 Å². The molecule has 6 atom stereocenters. The van der Waals surface area contributed by atoms with Crippen molar-refractivity contribution in [2.45, 2.75) is 51.1 Å². The summed E-state index contributed by atoms with van der Waals surface area (Å²) >= 11 is 6.80. The molecule has 3 heterocycles. The first-order valence-corrected chi connectivity index (χ1v) is 17.3. The van der Waals surface area contributed by atoms with Crippen LogP contribution in [0.2, 0.25) is 5.02 Å². The monoisotopic (exact) mass is 663 g/mol. The topological polar surface area (TPSA) is 98.2 Å². The minimum Gasteiger partial charge on any atom is -0.508 e. The van der Waals surface area contributed by atoms with E-state index in [4.69, 9.17) is 11.6 Å². The van der Waals surface area contributed by atoms with E-state index in [1.54, 1.807) is 41.3 Å². The number of phenolic OH excluding ortho intramolecular Hbond substituents is 1. The number of amides is 4. The van der Waals surface area contributed by atoms with Crippen molar-refractivity contribution < 1.29 is 24.3 Å². The lowest BCUT2D eigenvalue weighted by atomic mass is 9.51. The van der Waals surface area contributed by atoms with Gasteiger partial charge >= 0.3 is 0 Å². The second-order valence-electron chi connectivity index (χ2n) is 14.2. The first-order valence-electron chi connectivity index (χ1n) is 16.9. The van der Waals surface area contributed by atoms with E-state index in [9.17, 15) is 24.3 Å². The molecule has 1 saturated carbocycles. The standard InChI is InChI=1S/C39H38ClN3O5/c1-39-31(36(46)43(38(39)48)24-10-6-3-7-11-24)21-30-27(34(39)28-13-12-26(44)20-32(28)40)14-15-29-33(30)37(47)42(35(29)45)25-16-18-41(19-17-25)22-23-8-4-2-5-9-23/h2-14,20,25,29-31,33-34,44H,15-19,21-22H2,1H3. The van der Waals surface area contributed by atoms with Crippen molar-refractivity contribution in [1.82, 2.24) is 9.80 Å². The molecule has 0 radical (unpaired) electrons. The van der Waals surface area contributed by atoms with E-state index in [1.165, 1.54) is 16.5 Å². The van der Waals surface area contributed by atoms with Crippen molar-refractivity contribution in [3.63, 3.8) is 0 Å². The van der Waals surface area contributed by atoms with Crippen LogP contribution < -0.4 is 4.90 Å². The fourth-order valence-corrected chi connectivity index (χ4v) is 9.78. The summed E-state index contributed by atoms with van der Waals surface area (Å²) in [5.41, 5.74) is 2.09. The average Bonchev–Trinajstić information content (AvgIpc) is 3.46. The number of halogens is 1. The number of para-hydroxylation sites is 1. The van der Waals surface area contributed by atoms with Crippen LogP contribution in [0.3, 0.4) is 0 Å². The molecule has 9 heteroatoms. The lowest BCUT2D eigenvalue weighted by Crippen LogP contribution is -2.49. The van der Waals surface area contributed by atoms with E-state index >= 15 is 0 Å². The zero-order chi connectivity index (χ0) is 33.3. The maximum absolute atomic E-state index is 14.5. The van der Waals surface area contributed by atoms with Gasteiger partial charge in [0.05, 0.1) is 28.9 Å². The van der Waals surface area contributed by atoms with Gasteiger partial charge in [-0.2, -0.15) is 0 Å². The van der Waals surface area contributed by atoms with Crippen molar-refractivity contribution in [1.29, 1.82) is 0 Å². The Bertz CT molecular complexity index is 1840. The highest BCUT2D eigenvalue weighted by Gasteiger charge is 2.68. The summed E-state index contributed by atoms with van der Waals surface area (Å²) in [6, 6.07) is 23.8. The third-order valence-electron chi connectivity index (χ3n) is 11.8. The quantitative estimate of drug-likeness (QED) is 0.268. The molecule has 3 aliphatic heterocycles. The van der Waals surface area contributed by atoms with Gasteiger partial charge in [-0.15, -0.1) is 0 Å². The molecule has 0 bridgehead atoms. The van der Waals surface area contributed by atoms with Crippen LogP contribution >= 0.6 is 11.6 Å². The van der Waals surface area contributed by atoms with Gasteiger partial charge in [0.15, 0.2) is 0 Å². The van der Waals surface area contributed by atoms with Crippen LogP contribution in [0.25, 0.3) is 0 Å². The van der Waals surface area contributed by atoms with Gasteiger partial charge in [-0.05, 0) is 73.9 Å². The minimum absolute atomic E-state index is 0.00253. The van der Waals surface area contributed by atoms with Crippen LogP contribution in [-0.4, -0.2) is 57.7 Å². The molecule has 48 heavy (non-hydrogen) atoms. The molecule has 6 unspecified atom stereocenters. The molecule has 246 valence electrons. The molecule has 8 rings (SSSR count). The Kier molecular flexibility index (Phi) is 7.57. The van der Waals surface area contributed by atoms with Crippen LogP contribution in [0.1, 0.15) is 49.7 Å². The van der Waals surface area contributed by atoms with E-state index in [0.29, 0.717) is 29.1 Å². The number of fused-ring (bicyclic) bond motifs is 4. The largest absolute Gasteiger partial charge is 0.508 e. The molecule has 3 saturated heterocycles. The summed E-state index contributed by atoms with van der Waals surface area (Å²) in [4.78, 5) is 62.6. The molecule has 3 aromatic rings. The van der Waals surface area contributed by atoms with Gasteiger partial charge in [-0.1, -0.05) is 77.8 Å². The van der Waals surface area contributed by atoms with Gasteiger partial charge in [0.1, 0.15) is 5.75 Å². The number of allylic oxidation sites excluding steroid dienone is 2. The highest BCUT2D eigenvalue weighted by molar-refractivity contribution is 6.32. The van der Waals surface area contributed by atoms with Crippen LogP contribution in [-0.2, 0) is 25.7 Å². The molecular formula is C39H38ClN3O5. The summed E-state index contributed by atoms with van der Waals surface area (Å²) in [6.45, 7) is 4.28. The van der Waals surface area contributed by atoms with Gasteiger partial charge in [0, 0.05) is 36.6 Å². The average molecular weight is 664 g/mol. The Labute approximate surface area is 285 Å². The lowest BCUT2D eigenvalue weighted by Gasteiger charge is -2.49. The fourth-order valence-electron chi connectivity index (χ4n) is 9.49. The Hall–Kier alpha value is -4.27. The number of piperidine rings is 1. The molecule has 1 N–H and O–H groups in total. The van der Waals surface area contributed by atoms with Gasteiger partial charge in [-0.3, -0.25) is 29.0 Å². The number of aromatic hydroxyl groups is 1. The first kappa shape index (κ1) is 31.0. The van der Waals surface area contributed by atoms with E-state index in [-0.39, 0.29) is 35.4 Å². The summed E-state index contributed by atoms with van der Waals surface area (Å²) in [6.07, 6.45) is 4.18. The number of imide groups is 2. The Morgan fingerprint density at radius 2 is 1.54 bits per heavy atom. The second-order valence-corrected chi connectivity index (χ2v) is 14.6. The zero-order valence-corrected chi connectivity index (χ0v) is 27.6. The second kappa shape index (κ2) is 11.7. The molecule has 0 aromatic heterocycles. The molecule has 0 spiro atoms. The predicted molar refractivity (Wildman–Crippen MR) is 181 cm³/mol. The number of anilines is 1. The third kappa shape index (κ3) is 4.67. The minimum atomic E-state index is -1.18. The summed E-state index contributed by atoms with van der Waals surface area (Å²) in [7, 11) is 0. The number of hydrogen-bond donors (Lipinski definition) is 1. The van der Waals surface area contributed by atoms with Crippen LogP contribution in [0, 0.1) is 29.1 Å². The van der Waals surface area contributed by atoms with Crippen molar-refractivity contribution in [3.8, 4) is 5.75 Å². The number of rotatable bonds is 5. The van der Waals surface area contributed by atoms with Crippen molar-refractivity contribution in [3.05, 3.63) is 107 Å². The maximum Gasteiger partial charge on any atom is 0.241 e. The van der Waals surface area contributed by atoms with E-state index in [0.717, 1.165) is 38.0 Å². The van der Waals surface area contributed by atoms with Gasteiger partial charge in [0.2, 0.25) is 23.6 Å². The van der Waals surface area contributed by atoms with Gasteiger partial charge < -0.3 is 5.11 Å². The number of carbonyl (C=O) groups is 4. The number of carbonyl (C=O) groups excluding carboxylic acids is 4. The molecule has 8 nitrogen and oxygen atoms in total. The molecule has 3 aromatic carbocycles. The molecular weight excluding hydrogens is 626 g/mol. The third-order valence-corrected chi connectivity index (χ3v) is 12.1. The number of likely N-dealkylation sites (tertiary alicyclic amines) is 2. The lowest BCUT2D eigenvalue weighted by molar-refractivity contribution is -0.144. The number of benzene rings is 3.